The summed E-state index contributed by atoms with van der Waals surface area (Å²) >= 11 is 0. The predicted octanol–water partition coefficient (Wildman–Crippen LogP) is 0.565. The number of carbonyl (C=O) groups is 1. The van der Waals surface area contributed by atoms with E-state index >= 15 is 0 Å². The lowest BCUT2D eigenvalue weighted by molar-refractivity contribution is -0.148. The highest BCUT2D eigenvalue weighted by molar-refractivity contribution is 6.08. The molecule has 4 heteroatoms. The predicted molar refractivity (Wildman–Crippen MR) is 60.9 cm³/mol. The standard InChI is InChI=1S/C11H19BN2O/c12-5-9-14-8-1-2-11(10(14)15)3-6-13-7-4-11/h13H,1-9H2. The zero-order valence-electron chi connectivity index (χ0n) is 9.30. The Morgan fingerprint density at radius 1 is 1.33 bits per heavy atom. The summed E-state index contributed by atoms with van der Waals surface area (Å²) in [6, 6.07) is 0. The van der Waals surface area contributed by atoms with Gasteiger partial charge in [0.15, 0.2) is 0 Å². The average Bonchev–Trinajstić information content (AvgIpc) is 2.27. The zero-order valence-corrected chi connectivity index (χ0v) is 9.30. The topological polar surface area (TPSA) is 32.3 Å². The minimum atomic E-state index is -0.0430. The van der Waals surface area contributed by atoms with Crippen molar-refractivity contribution in [2.45, 2.75) is 32.0 Å². The van der Waals surface area contributed by atoms with Crippen LogP contribution in [0.4, 0.5) is 0 Å². The summed E-state index contributed by atoms with van der Waals surface area (Å²) in [5.74, 6) is 0.362. The van der Waals surface area contributed by atoms with Crippen LogP contribution in [0, 0.1) is 5.41 Å². The molecule has 1 N–H and O–H groups in total. The molecule has 2 fully saturated rings. The van der Waals surface area contributed by atoms with Crippen LogP contribution in [-0.2, 0) is 4.79 Å². The molecule has 2 aliphatic rings. The molecule has 0 unspecified atom stereocenters. The summed E-state index contributed by atoms with van der Waals surface area (Å²) < 4.78 is 0. The van der Waals surface area contributed by atoms with Gasteiger partial charge >= 0.3 is 0 Å². The van der Waals surface area contributed by atoms with Gasteiger partial charge in [0.1, 0.15) is 0 Å². The monoisotopic (exact) mass is 206 g/mol. The first-order chi connectivity index (χ1) is 7.28. The number of nitrogens with one attached hydrogen (secondary N) is 1. The highest BCUT2D eigenvalue weighted by atomic mass is 16.2. The molecule has 2 saturated heterocycles. The van der Waals surface area contributed by atoms with E-state index in [1.807, 2.05) is 4.90 Å². The number of carbonyl (C=O) groups excluding carboxylic acids is 1. The van der Waals surface area contributed by atoms with Crippen LogP contribution in [-0.4, -0.2) is 44.8 Å². The van der Waals surface area contributed by atoms with Gasteiger partial charge < -0.3 is 10.2 Å². The second kappa shape index (κ2) is 4.56. The van der Waals surface area contributed by atoms with Crippen LogP contribution in [0.1, 0.15) is 25.7 Å². The molecule has 2 rings (SSSR count). The Bertz CT molecular complexity index is 231. The van der Waals surface area contributed by atoms with Crippen LogP contribution in [0.15, 0.2) is 0 Å². The van der Waals surface area contributed by atoms with E-state index in [2.05, 4.69) is 5.32 Å². The van der Waals surface area contributed by atoms with E-state index in [1.165, 1.54) is 0 Å². The van der Waals surface area contributed by atoms with Gasteiger partial charge in [-0.1, -0.05) is 6.32 Å². The number of rotatable bonds is 2. The summed E-state index contributed by atoms with van der Waals surface area (Å²) in [7, 11) is 5.53. The van der Waals surface area contributed by atoms with E-state index in [-0.39, 0.29) is 5.41 Å². The third kappa shape index (κ3) is 2.05. The fourth-order valence-corrected chi connectivity index (χ4v) is 2.89. The first-order valence-corrected chi connectivity index (χ1v) is 5.99. The molecule has 2 aliphatic heterocycles. The number of amides is 1. The second-order valence-electron chi connectivity index (χ2n) is 4.71. The molecule has 0 bridgehead atoms. The molecule has 82 valence electrons. The van der Waals surface area contributed by atoms with E-state index in [0.717, 1.165) is 51.9 Å². The average molecular weight is 206 g/mol. The minimum absolute atomic E-state index is 0.0430. The summed E-state index contributed by atoms with van der Waals surface area (Å²) in [5.41, 5.74) is -0.0430. The molecule has 0 aromatic heterocycles. The quantitative estimate of drug-likeness (QED) is 0.669. The van der Waals surface area contributed by atoms with Gasteiger partial charge in [0.25, 0.3) is 0 Å². The van der Waals surface area contributed by atoms with Crippen molar-refractivity contribution in [3.05, 3.63) is 0 Å². The Kier molecular flexibility index (Phi) is 3.34. The Morgan fingerprint density at radius 3 is 2.73 bits per heavy atom. The molecule has 2 heterocycles. The van der Waals surface area contributed by atoms with Crippen molar-refractivity contribution in [3.63, 3.8) is 0 Å². The van der Waals surface area contributed by atoms with Crippen LogP contribution < -0.4 is 5.32 Å². The summed E-state index contributed by atoms with van der Waals surface area (Å²) in [4.78, 5) is 14.3. The summed E-state index contributed by atoms with van der Waals surface area (Å²) in [5, 5.41) is 3.33. The molecule has 3 nitrogen and oxygen atoms in total. The molecular weight excluding hydrogens is 187 g/mol. The van der Waals surface area contributed by atoms with E-state index in [4.69, 9.17) is 7.85 Å². The highest BCUT2D eigenvalue weighted by Gasteiger charge is 2.43. The van der Waals surface area contributed by atoms with Crippen molar-refractivity contribution in [1.82, 2.24) is 10.2 Å². The van der Waals surface area contributed by atoms with Crippen molar-refractivity contribution in [2.24, 2.45) is 5.41 Å². The molecule has 2 radical (unpaired) electrons. The van der Waals surface area contributed by atoms with Gasteiger partial charge in [0.05, 0.1) is 13.3 Å². The first-order valence-electron chi connectivity index (χ1n) is 5.99. The molecule has 1 spiro atoms. The van der Waals surface area contributed by atoms with Gasteiger partial charge in [-0.3, -0.25) is 4.79 Å². The number of likely N-dealkylation sites (tertiary alicyclic amines) is 1. The maximum Gasteiger partial charge on any atom is 0.228 e. The van der Waals surface area contributed by atoms with Crippen molar-refractivity contribution in [1.29, 1.82) is 0 Å². The lowest BCUT2D eigenvalue weighted by Gasteiger charge is -2.44. The first kappa shape index (κ1) is 11.0. The van der Waals surface area contributed by atoms with E-state index in [9.17, 15) is 4.79 Å². The number of hydrogen-bond acceptors (Lipinski definition) is 2. The third-order valence-corrected chi connectivity index (χ3v) is 3.78. The van der Waals surface area contributed by atoms with Gasteiger partial charge in [-0.2, -0.15) is 0 Å². The maximum atomic E-state index is 12.3. The lowest BCUT2D eigenvalue weighted by Crippen LogP contribution is -2.53. The van der Waals surface area contributed by atoms with Crippen molar-refractivity contribution in [2.75, 3.05) is 26.2 Å². The van der Waals surface area contributed by atoms with Crippen molar-refractivity contribution >= 4 is 13.8 Å². The van der Waals surface area contributed by atoms with Gasteiger partial charge in [-0.25, -0.2) is 0 Å². The van der Waals surface area contributed by atoms with Crippen molar-refractivity contribution < 1.29 is 4.79 Å². The zero-order chi connectivity index (χ0) is 10.7. The van der Waals surface area contributed by atoms with Crippen LogP contribution in [0.5, 0.6) is 0 Å². The number of piperidine rings is 2. The van der Waals surface area contributed by atoms with Gasteiger partial charge in [0.2, 0.25) is 5.91 Å². The maximum absolute atomic E-state index is 12.3. The van der Waals surface area contributed by atoms with E-state index in [1.54, 1.807) is 0 Å². The van der Waals surface area contributed by atoms with Crippen molar-refractivity contribution in [3.8, 4) is 0 Å². The molecule has 0 aromatic carbocycles. The smallest absolute Gasteiger partial charge is 0.228 e. The number of hydrogen-bond donors (Lipinski definition) is 1. The fraction of sp³-hybridized carbons (Fsp3) is 0.909. The minimum Gasteiger partial charge on any atom is -0.343 e. The molecule has 1 amide bonds. The van der Waals surface area contributed by atoms with E-state index < -0.39 is 0 Å². The molecule has 0 atom stereocenters. The molecular formula is C11H19BN2O. The largest absolute Gasteiger partial charge is 0.343 e. The SMILES string of the molecule is [B]CCN1CCCC2(CCNCC2)C1=O. The Morgan fingerprint density at radius 2 is 2.07 bits per heavy atom. The lowest BCUT2D eigenvalue weighted by atomic mass is 9.72. The Labute approximate surface area is 93.0 Å². The van der Waals surface area contributed by atoms with E-state index in [0.29, 0.717) is 12.2 Å². The van der Waals surface area contributed by atoms with Gasteiger partial charge in [-0.15, -0.1) is 0 Å². The summed E-state index contributed by atoms with van der Waals surface area (Å²) in [6.07, 6.45) is 4.82. The van der Waals surface area contributed by atoms with Gasteiger partial charge in [0, 0.05) is 13.1 Å². The van der Waals surface area contributed by atoms with Crippen LogP contribution >= 0.6 is 0 Å². The molecule has 0 aromatic rings. The van der Waals surface area contributed by atoms with Crippen LogP contribution in [0.25, 0.3) is 0 Å². The Hall–Kier alpha value is -0.505. The third-order valence-electron chi connectivity index (χ3n) is 3.78. The number of nitrogens with zero attached hydrogens (tertiary/aromatic N) is 1. The second-order valence-corrected chi connectivity index (χ2v) is 4.71. The van der Waals surface area contributed by atoms with Crippen LogP contribution in [0.3, 0.4) is 0 Å². The summed E-state index contributed by atoms with van der Waals surface area (Å²) in [6.45, 7) is 3.61. The highest BCUT2D eigenvalue weighted by Crippen LogP contribution is 2.39. The molecule has 15 heavy (non-hydrogen) atoms. The normalized spacial score (nSPS) is 25.9. The molecule has 0 saturated carbocycles. The van der Waals surface area contributed by atoms with Gasteiger partial charge in [-0.05, 0) is 38.8 Å². The van der Waals surface area contributed by atoms with Crippen LogP contribution in [0.2, 0.25) is 6.32 Å². The fourth-order valence-electron chi connectivity index (χ4n) is 2.89. The Balaban J connectivity index is 2.07. The molecule has 0 aliphatic carbocycles.